The molecule has 2 amide bonds. The molecule has 0 unspecified atom stereocenters. The fourth-order valence-corrected chi connectivity index (χ4v) is 5.18. The number of esters is 1. The highest BCUT2D eigenvalue weighted by Gasteiger charge is 2.25. The predicted octanol–water partition coefficient (Wildman–Crippen LogP) is 6.12. The molecule has 7 nitrogen and oxygen atoms in total. The zero-order valence-electron chi connectivity index (χ0n) is 26.1. The highest BCUT2D eigenvalue weighted by atomic mass is 16.5. The molecule has 238 valence electrons. The number of carbonyl (C=O) groups is 3. The Morgan fingerprint density at radius 2 is 1.11 bits per heavy atom. The van der Waals surface area contributed by atoms with E-state index in [1.54, 1.807) is 24.3 Å². The van der Waals surface area contributed by atoms with Crippen LogP contribution in [0.4, 0.5) is 0 Å². The van der Waals surface area contributed by atoms with E-state index in [0.717, 1.165) is 16.7 Å². The molecule has 0 aliphatic carbocycles. The molecule has 2 atom stereocenters. The average molecular weight is 627 g/mol. The predicted molar refractivity (Wildman–Crippen MR) is 182 cm³/mol. The van der Waals surface area contributed by atoms with Crippen LogP contribution in [0.15, 0.2) is 146 Å². The summed E-state index contributed by atoms with van der Waals surface area (Å²) in [5.41, 5.74) is 4.10. The molecule has 7 heteroatoms. The van der Waals surface area contributed by atoms with Crippen molar-refractivity contribution in [3.63, 3.8) is 0 Å². The van der Waals surface area contributed by atoms with Crippen LogP contribution in [0.2, 0.25) is 0 Å². The number of hydrogen-bond acceptors (Lipinski definition) is 5. The lowest BCUT2D eigenvalue weighted by molar-refractivity contribution is -0.148. The number of hydrogen-bond donors (Lipinski definition) is 2. The van der Waals surface area contributed by atoms with E-state index in [1.165, 1.54) is 0 Å². The molecule has 0 saturated carbocycles. The second kappa shape index (κ2) is 17.1. The summed E-state index contributed by atoms with van der Waals surface area (Å²) in [6.45, 7) is 0.303. The Bertz CT molecular complexity index is 1710. The van der Waals surface area contributed by atoms with E-state index in [4.69, 9.17) is 9.47 Å². The fraction of sp³-hybridized carbons (Fsp3) is 0.175. The van der Waals surface area contributed by atoms with Crippen LogP contribution in [-0.2, 0) is 40.2 Å². The number of benzene rings is 5. The van der Waals surface area contributed by atoms with Crippen LogP contribution in [0.25, 0.3) is 0 Å². The maximum Gasteiger partial charge on any atom is 0.329 e. The second-order valence-corrected chi connectivity index (χ2v) is 11.2. The summed E-state index contributed by atoms with van der Waals surface area (Å²) in [4.78, 5) is 40.0. The van der Waals surface area contributed by atoms with Gasteiger partial charge in [-0.2, -0.15) is 0 Å². The third-order valence-electron chi connectivity index (χ3n) is 7.59. The van der Waals surface area contributed by atoms with Gasteiger partial charge in [-0.3, -0.25) is 9.59 Å². The number of para-hydroxylation sites is 1. The molecule has 0 saturated heterocycles. The molecule has 0 spiro atoms. The summed E-state index contributed by atoms with van der Waals surface area (Å²) in [6.07, 6.45) is 0.729. The molecule has 5 aromatic carbocycles. The van der Waals surface area contributed by atoms with Gasteiger partial charge in [0, 0.05) is 17.5 Å². The molecular weight excluding hydrogens is 588 g/mol. The Morgan fingerprint density at radius 1 is 0.574 bits per heavy atom. The zero-order chi connectivity index (χ0) is 32.7. The summed E-state index contributed by atoms with van der Waals surface area (Å²) >= 11 is 0. The van der Waals surface area contributed by atoms with Gasteiger partial charge in [0.2, 0.25) is 5.91 Å². The van der Waals surface area contributed by atoms with Crippen molar-refractivity contribution in [2.24, 2.45) is 0 Å². The van der Waals surface area contributed by atoms with Gasteiger partial charge < -0.3 is 20.1 Å². The third kappa shape index (κ3) is 10.4. The Hall–Kier alpha value is -5.69. The third-order valence-corrected chi connectivity index (χ3v) is 7.59. The molecule has 5 rings (SSSR count). The molecule has 2 N–H and O–H groups in total. The lowest BCUT2D eigenvalue weighted by atomic mass is 10.0. The van der Waals surface area contributed by atoms with Crippen LogP contribution in [0, 0.1) is 0 Å². The smallest absolute Gasteiger partial charge is 0.329 e. The molecule has 5 aromatic rings. The molecular formula is C40H38N2O5. The first kappa shape index (κ1) is 32.7. The van der Waals surface area contributed by atoms with Gasteiger partial charge in [0.1, 0.15) is 25.0 Å². The fourth-order valence-electron chi connectivity index (χ4n) is 5.18. The molecule has 0 aliphatic rings. The molecule has 0 aliphatic heterocycles. The van der Waals surface area contributed by atoms with Crippen molar-refractivity contribution in [1.82, 2.24) is 10.6 Å². The largest absolute Gasteiger partial charge is 0.489 e. The van der Waals surface area contributed by atoms with Crippen molar-refractivity contribution in [2.45, 2.75) is 38.0 Å². The van der Waals surface area contributed by atoms with Crippen LogP contribution in [0.3, 0.4) is 0 Å². The highest BCUT2D eigenvalue weighted by molar-refractivity contribution is 5.94. The lowest BCUT2D eigenvalue weighted by Crippen LogP contribution is -2.46. The normalized spacial score (nSPS) is 11.9. The van der Waals surface area contributed by atoms with Crippen molar-refractivity contribution < 1.29 is 23.9 Å². The average Bonchev–Trinajstić information content (AvgIpc) is 3.11. The van der Waals surface area contributed by atoms with Gasteiger partial charge in [-0.25, -0.2) is 4.79 Å². The first-order chi connectivity index (χ1) is 23.0. The monoisotopic (exact) mass is 626 g/mol. The first-order valence-electron chi connectivity index (χ1n) is 15.7. The molecule has 47 heavy (non-hydrogen) atoms. The Labute approximate surface area is 275 Å². The quantitative estimate of drug-likeness (QED) is 0.137. The molecule has 0 aromatic heterocycles. The summed E-state index contributed by atoms with van der Waals surface area (Å²) in [5, 5.41) is 5.91. The van der Waals surface area contributed by atoms with E-state index in [0.29, 0.717) is 29.9 Å². The number of amides is 2. The minimum Gasteiger partial charge on any atom is -0.489 e. The number of rotatable bonds is 15. The van der Waals surface area contributed by atoms with Gasteiger partial charge in [-0.1, -0.05) is 127 Å². The van der Waals surface area contributed by atoms with Crippen molar-refractivity contribution in [1.29, 1.82) is 0 Å². The minimum absolute atomic E-state index is 0.0211. The van der Waals surface area contributed by atoms with E-state index >= 15 is 0 Å². The SMILES string of the molecule is O=C(Cc1ccccc1OCc1ccccc1)N[C@H](Cc1ccccc1)C(=O)OC[C@H](Cc1ccccc1)NC(=O)c1ccccc1. The van der Waals surface area contributed by atoms with Gasteiger partial charge in [0.15, 0.2) is 0 Å². The standard InChI is InChI=1S/C40H38N2O5/c43-38(27-34-23-13-14-24-37(34)46-28-32-19-9-3-10-20-32)42-36(26-31-17-7-2-8-18-31)40(45)47-29-35(25-30-15-5-1-6-16-30)41-39(44)33-21-11-4-12-22-33/h1-24,35-36H,25-29H2,(H,41,44)(H,42,43)/t35-,36+/m0/s1. The maximum atomic E-state index is 13.6. The second-order valence-electron chi connectivity index (χ2n) is 11.2. The van der Waals surface area contributed by atoms with E-state index in [9.17, 15) is 14.4 Å². The van der Waals surface area contributed by atoms with Gasteiger partial charge in [0.05, 0.1) is 12.5 Å². The maximum absolute atomic E-state index is 13.6. The van der Waals surface area contributed by atoms with Crippen molar-refractivity contribution in [3.05, 3.63) is 173 Å². The van der Waals surface area contributed by atoms with E-state index in [2.05, 4.69) is 10.6 Å². The molecule has 0 radical (unpaired) electrons. The molecule has 0 bridgehead atoms. The summed E-state index contributed by atoms with van der Waals surface area (Å²) in [5.74, 6) is -0.573. The Balaban J connectivity index is 1.26. The summed E-state index contributed by atoms with van der Waals surface area (Å²) in [6, 6.07) is 43.8. The van der Waals surface area contributed by atoms with Crippen molar-refractivity contribution >= 4 is 17.8 Å². The van der Waals surface area contributed by atoms with E-state index < -0.39 is 18.1 Å². The Kier molecular flexibility index (Phi) is 11.9. The van der Waals surface area contributed by atoms with E-state index in [-0.39, 0.29) is 31.3 Å². The lowest BCUT2D eigenvalue weighted by Gasteiger charge is -2.22. The number of nitrogens with one attached hydrogen (secondary N) is 2. The first-order valence-corrected chi connectivity index (χ1v) is 15.7. The summed E-state index contributed by atoms with van der Waals surface area (Å²) in [7, 11) is 0. The highest BCUT2D eigenvalue weighted by Crippen LogP contribution is 2.20. The zero-order valence-corrected chi connectivity index (χ0v) is 26.1. The van der Waals surface area contributed by atoms with Gasteiger partial charge in [0.25, 0.3) is 5.91 Å². The van der Waals surface area contributed by atoms with Gasteiger partial charge in [-0.15, -0.1) is 0 Å². The van der Waals surface area contributed by atoms with Crippen molar-refractivity contribution in [2.75, 3.05) is 6.61 Å². The van der Waals surface area contributed by atoms with Gasteiger partial charge in [-0.05, 0) is 41.3 Å². The van der Waals surface area contributed by atoms with Crippen LogP contribution in [-0.4, -0.2) is 36.5 Å². The molecule has 0 heterocycles. The van der Waals surface area contributed by atoms with Crippen LogP contribution in [0.5, 0.6) is 5.75 Å². The topological polar surface area (TPSA) is 93.7 Å². The van der Waals surface area contributed by atoms with Crippen LogP contribution >= 0.6 is 0 Å². The van der Waals surface area contributed by atoms with E-state index in [1.807, 2.05) is 121 Å². The summed E-state index contributed by atoms with van der Waals surface area (Å²) < 4.78 is 11.9. The molecule has 0 fully saturated rings. The van der Waals surface area contributed by atoms with Crippen LogP contribution in [0.1, 0.15) is 32.6 Å². The van der Waals surface area contributed by atoms with Crippen molar-refractivity contribution in [3.8, 4) is 5.75 Å². The number of carbonyl (C=O) groups excluding carboxylic acids is 3. The van der Waals surface area contributed by atoms with Gasteiger partial charge >= 0.3 is 5.97 Å². The van der Waals surface area contributed by atoms with Crippen LogP contribution < -0.4 is 15.4 Å². The minimum atomic E-state index is -0.940. The Morgan fingerprint density at radius 3 is 1.74 bits per heavy atom. The number of ether oxygens (including phenoxy) is 2.